The number of nitrogens with zero attached hydrogens (tertiary/aromatic N) is 1. The Balaban J connectivity index is 2.25. The van der Waals surface area contributed by atoms with Crippen LogP contribution in [0, 0.1) is 0 Å². The van der Waals surface area contributed by atoms with Crippen LogP contribution in [0.15, 0.2) is 29.2 Å². The Morgan fingerprint density at radius 2 is 1.90 bits per heavy atom. The third kappa shape index (κ3) is 3.56. The van der Waals surface area contributed by atoms with Crippen LogP contribution in [0.3, 0.4) is 0 Å². The highest BCUT2D eigenvalue weighted by Gasteiger charge is 2.36. The van der Waals surface area contributed by atoms with Gasteiger partial charge in [-0.1, -0.05) is 0 Å². The van der Waals surface area contributed by atoms with E-state index < -0.39 is 25.9 Å². The first-order valence-corrected chi connectivity index (χ1v) is 10.1. The number of rotatable bonds is 4. The molecule has 1 N–H and O–H groups in total. The van der Waals surface area contributed by atoms with Crippen molar-refractivity contribution in [3.8, 4) is 0 Å². The largest absolute Gasteiger partial charge is 0.385 e. The maximum absolute atomic E-state index is 12.6. The van der Waals surface area contributed by atoms with Crippen LogP contribution in [0.25, 0.3) is 0 Å². The van der Waals surface area contributed by atoms with Gasteiger partial charge >= 0.3 is 0 Å². The van der Waals surface area contributed by atoms with Gasteiger partial charge in [0.25, 0.3) is 0 Å². The summed E-state index contributed by atoms with van der Waals surface area (Å²) in [5.74, 6) is -0.242. The van der Waals surface area contributed by atoms with Crippen molar-refractivity contribution in [2.75, 3.05) is 29.9 Å². The summed E-state index contributed by atoms with van der Waals surface area (Å²) in [5, 5.41) is 3.10. The number of hydrogen-bond donors (Lipinski definition) is 1. The summed E-state index contributed by atoms with van der Waals surface area (Å²) in [6, 6.07) is 5.97. The van der Waals surface area contributed by atoms with E-state index in [0.29, 0.717) is 0 Å². The van der Waals surface area contributed by atoms with Gasteiger partial charge in [0.1, 0.15) is 0 Å². The molecule has 0 aromatic heterocycles. The molecule has 1 aliphatic heterocycles. The summed E-state index contributed by atoms with van der Waals surface area (Å²) in [6.07, 6.45) is 0. The Morgan fingerprint density at radius 1 is 1.29 bits per heavy atom. The van der Waals surface area contributed by atoms with Crippen LogP contribution in [0.5, 0.6) is 0 Å². The zero-order valence-electron chi connectivity index (χ0n) is 12.1. The van der Waals surface area contributed by atoms with E-state index in [1.54, 1.807) is 31.2 Å². The predicted molar refractivity (Wildman–Crippen MR) is 82.6 cm³/mol. The van der Waals surface area contributed by atoms with Crippen molar-refractivity contribution in [1.82, 2.24) is 4.31 Å². The molecule has 1 unspecified atom stereocenters. The highest BCUT2D eigenvalue weighted by molar-refractivity contribution is 7.92. The molecule has 0 amide bonds. The lowest BCUT2D eigenvalue weighted by Crippen LogP contribution is -2.49. The molecule has 0 radical (unpaired) electrons. The lowest BCUT2D eigenvalue weighted by Gasteiger charge is -2.32. The van der Waals surface area contributed by atoms with Crippen LogP contribution in [0.2, 0.25) is 0 Å². The Kier molecular flexibility index (Phi) is 4.60. The van der Waals surface area contributed by atoms with Crippen LogP contribution < -0.4 is 5.32 Å². The zero-order chi connectivity index (χ0) is 15.7. The van der Waals surface area contributed by atoms with Gasteiger partial charge in [0.15, 0.2) is 9.84 Å². The number of benzene rings is 1. The van der Waals surface area contributed by atoms with Crippen molar-refractivity contribution < 1.29 is 16.8 Å². The third-order valence-corrected chi connectivity index (χ3v) is 7.27. The summed E-state index contributed by atoms with van der Waals surface area (Å²) in [4.78, 5) is 0.190. The van der Waals surface area contributed by atoms with Gasteiger partial charge in [-0.3, -0.25) is 0 Å². The number of sulfone groups is 1. The Bertz CT molecular complexity index is 696. The summed E-state index contributed by atoms with van der Waals surface area (Å²) in [5.41, 5.74) is 0.853. The summed E-state index contributed by atoms with van der Waals surface area (Å²) in [7, 11) is -6.79. The first-order valence-electron chi connectivity index (χ1n) is 6.82. The normalized spacial score (nSPS) is 22.9. The molecular formula is C13H20N2O4S2. The number of sulfonamides is 1. The van der Waals surface area contributed by atoms with E-state index >= 15 is 0 Å². The zero-order valence-corrected chi connectivity index (χ0v) is 13.7. The van der Waals surface area contributed by atoms with Gasteiger partial charge in [0.05, 0.1) is 16.4 Å². The number of nitrogens with one attached hydrogen (secondary N) is 1. The van der Waals surface area contributed by atoms with Crippen LogP contribution >= 0.6 is 0 Å². The fourth-order valence-electron chi connectivity index (χ4n) is 2.42. The quantitative estimate of drug-likeness (QED) is 0.887. The number of hydrogen-bond acceptors (Lipinski definition) is 5. The van der Waals surface area contributed by atoms with E-state index in [0.717, 1.165) is 12.2 Å². The van der Waals surface area contributed by atoms with Gasteiger partial charge in [0, 0.05) is 24.8 Å². The van der Waals surface area contributed by atoms with Crippen molar-refractivity contribution in [2.24, 2.45) is 0 Å². The minimum absolute atomic E-state index is 0.0147. The van der Waals surface area contributed by atoms with E-state index in [9.17, 15) is 16.8 Å². The summed E-state index contributed by atoms with van der Waals surface area (Å²) >= 11 is 0. The molecule has 1 aromatic carbocycles. The van der Waals surface area contributed by atoms with Crippen LogP contribution in [-0.4, -0.2) is 51.8 Å². The van der Waals surface area contributed by atoms with Crippen molar-refractivity contribution >= 4 is 25.5 Å². The summed E-state index contributed by atoms with van der Waals surface area (Å²) < 4.78 is 49.6. The third-order valence-electron chi connectivity index (χ3n) is 3.45. The van der Waals surface area contributed by atoms with Crippen molar-refractivity contribution in [2.45, 2.75) is 24.8 Å². The standard InChI is InChI=1S/C13H20N2O4S2/c1-3-14-12-4-6-13(7-5-12)21(18,19)15-8-9-20(16,17)10-11(15)2/h4-7,11,14H,3,8-10H2,1-2H3. The van der Waals surface area contributed by atoms with Crippen molar-refractivity contribution in [3.05, 3.63) is 24.3 Å². The highest BCUT2D eigenvalue weighted by atomic mass is 32.2. The van der Waals surface area contributed by atoms with Gasteiger partial charge in [-0.15, -0.1) is 0 Å². The Morgan fingerprint density at radius 3 is 2.43 bits per heavy atom. The Labute approximate surface area is 126 Å². The fourth-order valence-corrected chi connectivity index (χ4v) is 5.82. The minimum atomic E-state index is -3.65. The van der Waals surface area contributed by atoms with Crippen LogP contribution in [-0.2, 0) is 19.9 Å². The van der Waals surface area contributed by atoms with E-state index in [2.05, 4.69) is 5.32 Å². The molecule has 1 saturated heterocycles. The van der Waals surface area contributed by atoms with Gasteiger partial charge in [0.2, 0.25) is 10.0 Å². The van der Waals surface area contributed by atoms with Gasteiger partial charge < -0.3 is 5.32 Å². The van der Waals surface area contributed by atoms with E-state index in [4.69, 9.17) is 0 Å². The first-order chi connectivity index (χ1) is 9.76. The van der Waals surface area contributed by atoms with E-state index in [-0.39, 0.29) is 22.9 Å². The second-order valence-electron chi connectivity index (χ2n) is 5.13. The molecule has 0 spiro atoms. The van der Waals surface area contributed by atoms with Crippen LogP contribution in [0.1, 0.15) is 13.8 Å². The average Bonchev–Trinajstić information content (AvgIpc) is 2.38. The molecule has 8 heteroatoms. The lowest BCUT2D eigenvalue weighted by molar-refractivity contribution is 0.357. The highest BCUT2D eigenvalue weighted by Crippen LogP contribution is 2.23. The van der Waals surface area contributed by atoms with Gasteiger partial charge in [-0.25, -0.2) is 16.8 Å². The molecule has 1 fully saturated rings. The van der Waals surface area contributed by atoms with E-state index in [1.165, 1.54) is 4.31 Å². The second-order valence-corrected chi connectivity index (χ2v) is 9.25. The molecule has 6 nitrogen and oxygen atoms in total. The molecule has 1 aromatic rings. The monoisotopic (exact) mass is 332 g/mol. The first kappa shape index (κ1) is 16.3. The molecule has 0 bridgehead atoms. The second kappa shape index (κ2) is 5.94. The van der Waals surface area contributed by atoms with Crippen molar-refractivity contribution in [3.63, 3.8) is 0 Å². The van der Waals surface area contributed by atoms with Crippen LogP contribution in [0.4, 0.5) is 5.69 Å². The molecule has 1 aliphatic rings. The number of anilines is 1. The smallest absolute Gasteiger partial charge is 0.243 e. The fraction of sp³-hybridized carbons (Fsp3) is 0.538. The molecule has 1 heterocycles. The Hall–Kier alpha value is -1.12. The molecule has 0 aliphatic carbocycles. The minimum Gasteiger partial charge on any atom is -0.385 e. The van der Waals surface area contributed by atoms with E-state index in [1.807, 2.05) is 6.92 Å². The van der Waals surface area contributed by atoms with Gasteiger partial charge in [-0.2, -0.15) is 4.31 Å². The molecular weight excluding hydrogens is 312 g/mol. The maximum Gasteiger partial charge on any atom is 0.243 e. The molecule has 2 rings (SSSR count). The molecule has 0 saturated carbocycles. The summed E-state index contributed by atoms with van der Waals surface area (Å²) in [6.45, 7) is 4.36. The lowest BCUT2D eigenvalue weighted by atomic mass is 10.3. The average molecular weight is 332 g/mol. The van der Waals surface area contributed by atoms with Gasteiger partial charge in [-0.05, 0) is 38.1 Å². The molecule has 118 valence electrons. The van der Waals surface area contributed by atoms with Crippen molar-refractivity contribution in [1.29, 1.82) is 0 Å². The topological polar surface area (TPSA) is 83.6 Å². The molecule has 1 atom stereocenters. The molecule has 21 heavy (non-hydrogen) atoms. The predicted octanol–water partition coefficient (Wildman–Crippen LogP) is 0.926. The maximum atomic E-state index is 12.6. The SMILES string of the molecule is CCNc1ccc(S(=O)(=O)N2CCS(=O)(=O)CC2C)cc1.